The highest BCUT2D eigenvalue weighted by Crippen LogP contribution is 2.28. The molecule has 1 aromatic heterocycles. The number of hydrogen-bond acceptors (Lipinski definition) is 4. The minimum atomic E-state index is -0.0316. The molecule has 0 bridgehead atoms. The second-order valence-corrected chi connectivity index (χ2v) is 5.12. The molecule has 2 aromatic rings. The maximum Gasteiger partial charge on any atom is 0.227 e. The van der Waals surface area contributed by atoms with E-state index in [4.69, 9.17) is 5.26 Å². The molecule has 1 aliphatic carbocycles. The van der Waals surface area contributed by atoms with Gasteiger partial charge in [0.2, 0.25) is 5.91 Å². The van der Waals surface area contributed by atoms with Crippen molar-refractivity contribution in [1.82, 2.24) is 15.1 Å². The molecular weight excluding hydrogens is 266 g/mol. The van der Waals surface area contributed by atoms with Crippen molar-refractivity contribution in [2.75, 3.05) is 5.32 Å². The number of rotatable bonds is 4. The lowest BCUT2D eigenvalue weighted by Crippen LogP contribution is -2.44. The van der Waals surface area contributed by atoms with Crippen molar-refractivity contribution in [2.24, 2.45) is 5.92 Å². The van der Waals surface area contributed by atoms with E-state index >= 15 is 0 Å². The number of carbonyl (C=O) groups excluding carboxylic acids is 1. The van der Waals surface area contributed by atoms with E-state index in [1.165, 1.54) is 0 Å². The molecular formula is C15H15N5O. The predicted molar refractivity (Wildman–Crippen MR) is 77.5 cm³/mol. The maximum absolute atomic E-state index is 12.0. The van der Waals surface area contributed by atoms with Crippen LogP contribution in [0.15, 0.2) is 42.7 Å². The van der Waals surface area contributed by atoms with Crippen molar-refractivity contribution < 1.29 is 4.79 Å². The van der Waals surface area contributed by atoms with Crippen LogP contribution in [0.4, 0.5) is 5.69 Å². The largest absolute Gasteiger partial charge is 0.323 e. The number of para-hydroxylation sites is 1. The van der Waals surface area contributed by atoms with Crippen molar-refractivity contribution in [2.45, 2.75) is 18.9 Å². The molecule has 106 valence electrons. The van der Waals surface area contributed by atoms with Crippen molar-refractivity contribution >= 4 is 11.6 Å². The molecule has 1 aromatic carbocycles. The zero-order valence-corrected chi connectivity index (χ0v) is 11.4. The lowest BCUT2D eigenvalue weighted by molar-refractivity contribution is -0.122. The molecule has 3 rings (SSSR count). The highest BCUT2D eigenvalue weighted by Gasteiger charge is 2.34. The monoisotopic (exact) mass is 281 g/mol. The third-order valence-corrected chi connectivity index (χ3v) is 3.65. The predicted octanol–water partition coefficient (Wildman–Crippen LogP) is 1.66. The van der Waals surface area contributed by atoms with Crippen LogP contribution in [0.25, 0.3) is 5.69 Å². The number of benzene rings is 1. The number of nitrogens with zero attached hydrogens (tertiary/aromatic N) is 3. The number of nitrogens with one attached hydrogen (secondary N) is 2. The van der Waals surface area contributed by atoms with Gasteiger partial charge in [-0.05, 0) is 25.0 Å². The summed E-state index contributed by atoms with van der Waals surface area (Å²) in [5.41, 5.74) is 1.63. The van der Waals surface area contributed by atoms with E-state index < -0.39 is 0 Å². The van der Waals surface area contributed by atoms with E-state index in [2.05, 4.69) is 15.7 Å². The topological polar surface area (TPSA) is 82.7 Å². The highest BCUT2D eigenvalue weighted by atomic mass is 16.1. The van der Waals surface area contributed by atoms with Crippen LogP contribution in [-0.2, 0) is 4.79 Å². The minimum Gasteiger partial charge on any atom is -0.323 e. The normalized spacial score (nSPS) is 20.1. The second-order valence-electron chi connectivity index (χ2n) is 5.12. The number of anilines is 1. The fourth-order valence-corrected chi connectivity index (χ4v) is 2.39. The third-order valence-electron chi connectivity index (χ3n) is 3.65. The van der Waals surface area contributed by atoms with E-state index in [0.717, 1.165) is 5.69 Å². The van der Waals surface area contributed by atoms with Gasteiger partial charge < -0.3 is 10.6 Å². The molecule has 0 atom stereocenters. The molecule has 2 N–H and O–H groups in total. The van der Waals surface area contributed by atoms with Gasteiger partial charge in [0.05, 0.1) is 23.8 Å². The zero-order chi connectivity index (χ0) is 14.7. The Kier molecular flexibility index (Phi) is 3.56. The first-order chi connectivity index (χ1) is 10.3. The second kappa shape index (κ2) is 5.67. The third kappa shape index (κ3) is 2.87. The first-order valence-electron chi connectivity index (χ1n) is 6.82. The Morgan fingerprint density at radius 3 is 2.81 bits per heavy atom. The van der Waals surface area contributed by atoms with Crippen molar-refractivity contribution in [1.29, 1.82) is 5.26 Å². The maximum atomic E-state index is 12.0. The molecule has 6 nitrogen and oxygen atoms in total. The van der Waals surface area contributed by atoms with Crippen LogP contribution in [0, 0.1) is 17.4 Å². The van der Waals surface area contributed by atoms with E-state index in [-0.39, 0.29) is 17.9 Å². The Morgan fingerprint density at radius 1 is 1.33 bits per heavy atom. The summed E-state index contributed by atoms with van der Waals surface area (Å²) in [5, 5.41) is 18.3. The van der Waals surface area contributed by atoms with Crippen molar-refractivity contribution in [3.8, 4) is 11.9 Å². The molecule has 21 heavy (non-hydrogen) atoms. The summed E-state index contributed by atoms with van der Waals surface area (Å²) in [5.74, 6) is -0.0467. The molecule has 1 aliphatic rings. The standard InChI is InChI=1S/C15H15N5O/c16-10-17-12-6-11(7-12)15(21)19-13-8-18-20(9-13)14-4-2-1-3-5-14/h1-5,8-9,11-12,17H,6-7H2,(H,19,21). The number of hydrogen-bond donors (Lipinski definition) is 2. The smallest absolute Gasteiger partial charge is 0.227 e. The molecule has 1 amide bonds. The molecule has 0 spiro atoms. The van der Waals surface area contributed by atoms with Crippen LogP contribution in [0.1, 0.15) is 12.8 Å². The van der Waals surface area contributed by atoms with Gasteiger partial charge in [-0.15, -0.1) is 0 Å². The quantitative estimate of drug-likeness (QED) is 0.659. The first kappa shape index (κ1) is 13.2. The molecule has 0 saturated heterocycles. The SMILES string of the molecule is N#CNC1CC(C(=O)Nc2cnn(-c3ccccc3)c2)C1. The van der Waals surface area contributed by atoms with E-state index in [9.17, 15) is 4.79 Å². The van der Waals surface area contributed by atoms with Crippen LogP contribution in [0.5, 0.6) is 0 Å². The summed E-state index contributed by atoms with van der Waals surface area (Å²) in [6.45, 7) is 0. The Hall–Kier alpha value is -2.81. The Balaban J connectivity index is 1.58. The molecule has 1 saturated carbocycles. The van der Waals surface area contributed by atoms with E-state index in [0.29, 0.717) is 18.5 Å². The Labute approximate surface area is 122 Å². The van der Waals surface area contributed by atoms with Gasteiger partial charge >= 0.3 is 0 Å². The van der Waals surface area contributed by atoms with Gasteiger partial charge in [-0.3, -0.25) is 4.79 Å². The fraction of sp³-hybridized carbons (Fsp3) is 0.267. The summed E-state index contributed by atoms with van der Waals surface area (Å²) < 4.78 is 1.72. The van der Waals surface area contributed by atoms with Crippen LogP contribution in [0.2, 0.25) is 0 Å². The summed E-state index contributed by atoms with van der Waals surface area (Å²) in [4.78, 5) is 12.0. The number of carbonyl (C=O) groups is 1. The van der Waals surface area contributed by atoms with Gasteiger partial charge in [0.15, 0.2) is 6.19 Å². The molecule has 1 heterocycles. The Morgan fingerprint density at radius 2 is 2.10 bits per heavy atom. The molecule has 1 fully saturated rings. The van der Waals surface area contributed by atoms with Gasteiger partial charge in [-0.1, -0.05) is 18.2 Å². The van der Waals surface area contributed by atoms with Crippen molar-refractivity contribution in [3.05, 3.63) is 42.7 Å². The molecule has 0 radical (unpaired) electrons. The number of amides is 1. The minimum absolute atomic E-state index is 0.0152. The summed E-state index contributed by atoms with van der Waals surface area (Å²) in [6.07, 6.45) is 6.73. The van der Waals surface area contributed by atoms with Crippen LogP contribution in [-0.4, -0.2) is 21.7 Å². The average molecular weight is 281 g/mol. The number of nitriles is 1. The highest BCUT2D eigenvalue weighted by molar-refractivity contribution is 5.93. The summed E-state index contributed by atoms with van der Waals surface area (Å²) in [7, 11) is 0. The van der Waals surface area contributed by atoms with Gasteiger partial charge in [0.25, 0.3) is 0 Å². The van der Waals surface area contributed by atoms with Crippen LogP contribution in [0.3, 0.4) is 0 Å². The molecule has 0 aliphatic heterocycles. The average Bonchev–Trinajstić information content (AvgIpc) is 2.91. The zero-order valence-electron chi connectivity index (χ0n) is 11.4. The van der Waals surface area contributed by atoms with Gasteiger partial charge in [-0.2, -0.15) is 10.4 Å². The Bertz CT molecular complexity index is 667. The number of aromatic nitrogens is 2. The first-order valence-corrected chi connectivity index (χ1v) is 6.82. The summed E-state index contributed by atoms with van der Waals surface area (Å²) >= 11 is 0. The van der Waals surface area contributed by atoms with E-state index in [1.807, 2.05) is 36.5 Å². The fourth-order valence-electron chi connectivity index (χ4n) is 2.39. The van der Waals surface area contributed by atoms with E-state index in [1.54, 1.807) is 17.1 Å². The van der Waals surface area contributed by atoms with Gasteiger partial charge in [0, 0.05) is 12.0 Å². The van der Waals surface area contributed by atoms with Crippen LogP contribution < -0.4 is 10.6 Å². The van der Waals surface area contributed by atoms with Crippen LogP contribution >= 0.6 is 0 Å². The summed E-state index contributed by atoms with van der Waals surface area (Å²) in [6, 6.07) is 9.85. The van der Waals surface area contributed by atoms with Gasteiger partial charge in [0.1, 0.15) is 0 Å². The van der Waals surface area contributed by atoms with Crippen molar-refractivity contribution in [3.63, 3.8) is 0 Å². The molecule has 6 heteroatoms. The lowest BCUT2D eigenvalue weighted by Gasteiger charge is -2.32. The van der Waals surface area contributed by atoms with Gasteiger partial charge in [-0.25, -0.2) is 4.68 Å². The molecule has 0 unspecified atom stereocenters. The lowest BCUT2D eigenvalue weighted by atomic mass is 9.80.